The van der Waals surface area contributed by atoms with Crippen LogP contribution in [0.5, 0.6) is 0 Å². The molecule has 5 heteroatoms. The van der Waals surface area contributed by atoms with Gasteiger partial charge in [0.25, 0.3) is 5.91 Å². The first-order valence-electron chi connectivity index (χ1n) is 5.85. The molecule has 1 aromatic heterocycles. The van der Waals surface area contributed by atoms with E-state index in [2.05, 4.69) is 22.6 Å². The normalized spacial score (nSPS) is 17.4. The van der Waals surface area contributed by atoms with Gasteiger partial charge in [-0.1, -0.05) is 0 Å². The number of halogens is 1. The van der Waals surface area contributed by atoms with Crippen molar-refractivity contribution in [2.45, 2.75) is 25.9 Å². The molecule has 1 aromatic rings. The van der Waals surface area contributed by atoms with Crippen LogP contribution in [0.25, 0.3) is 0 Å². The molecule has 17 heavy (non-hydrogen) atoms. The van der Waals surface area contributed by atoms with Crippen LogP contribution in [-0.4, -0.2) is 36.6 Å². The third-order valence-electron chi connectivity index (χ3n) is 2.95. The molecule has 0 atom stereocenters. The average Bonchev–Trinajstić information content (AvgIpc) is 2.76. The standard InChI is InChI=1S/C12H16INO2S/c1-2-16-10-3-5-14(6-4-10)12(15)9-7-11(13)17-8-9/h7-8,10H,2-6H2,1H3. The highest BCUT2D eigenvalue weighted by atomic mass is 127. The van der Waals surface area contributed by atoms with E-state index in [0.29, 0.717) is 6.10 Å². The third-order valence-corrected chi connectivity index (χ3v) is 4.73. The number of ether oxygens (including phenoxy) is 1. The van der Waals surface area contributed by atoms with E-state index in [-0.39, 0.29) is 5.91 Å². The fourth-order valence-corrected chi connectivity index (χ4v) is 3.39. The lowest BCUT2D eigenvalue weighted by Gasteiger charge is -2.31. The molecule has 0 aromatic carbocycles. The number of hydrogen-bond donors (Lipinski definition) is 0. The van der Waals surface area contributed by atoms with Crippen LogP contribution in [0.2, 0.25) is 0 Å². The number of nitrogens with zero attached hydrogens (tertiary/aromatic N) is 1. The monoisotopic (exact) mass is 365 g/mol. The molecular weight excluding hydrogens is 349 g/mol. The molecule has 2 heterocycles. The molecule has 94 valence electrons. The molecular formula is C12H16INO2S. The molecule has 1 fully saturated rings. The summed E-state index contributed by atoms with van der Waals surface area (Å²) in [6.07, 6.45) is 2.26. The van der Waals surface area contributed by atoms with Gasteiger partial charge < -0.3 is 9.64 Å². The first-order valence-corrected chi connectivity index (χ1v) is 7.81. The van der Waals surface area contributed by atoms with E-state index >= 15 is 0 Å². The Hall–Kier alpha value is -0.140. The van der Waals surface area contributed by atoms with Gasteiger partial charge >= 0.3 is 0 Å². The molecule has 0 N–H and O–H groups in total. The van der Waals surface area contributed by atoms with Gasteiger partial charge in [0.15, 0.2) is 0 Å². The molecule has 0 unspecified atom stereocenters. The van der Waals surface area contributed by atoms with Gasteiger partial charge in [0.2, 0.25) is 0 Å². The topological polar surface area (TPSA) is 29.5 Å². The maximum absolute atomic E-state index is 12.2. The second-order valence-corrected chi connectivity index (χ2v) is 6.89. The van der Waals surface area contributed by atoms with Gasteiger partial charge in [-0.25, -0.2) is 0 Å². The highest BCUT2D eigenvalue weighted by Gasteiger charge is 2.24. The molecule has 3 nitrogen and oxygen atoms in total. The summed E-state index contributed by atoms with van der Waals surface area (Å²) in [6.45, 7) is 4.41. The van der Waals surface area contributed by atoms with Gasteiger partial charge in [0.05, 0.1) is 14.6 Å². The van der Waals surface area contributed by atoms with Gasteiger partial charge in [-0.3, -0.25) is 4.79 Å². The summed E-state index contributed by atoms with van der Waals surface area (Å²) in [5.74, 6) is 0.166. The Bertz CT molecular complexity index is 386. The zero-order chi connectivity index (χ0) is 12.3. The predicted octanol–water partition coefficient (Wildman–Crippen LogP) is 2.99. The van der Waals surface area contributed by atoms with Crippen LogP contribution in [0, 0.1) is 2.88 Å². The third kappa shape index (κ3) is 3.42. The Kier molecular flexibility index (Phi) is 4.81. The molecule has 1 amide bonds. The summed E-state index contributed by atoms with van der Waals surface area (Å²) >= 11 is 3.87. The van der Waals surface area contributed by atoms with E-state index in [0.717, 1.165) is 41.0 Å². The summed E-state index contributed by atoms with van der Waals surface area (Å²) in [6, 6.07) is 1.96. The number of carbonyl (C=O) groups is 1. The molecule has 2 rings (SSSR count). The highest BCUT2D eigenvalue weighted by molar-refractivity contribution is 14.1. The molecule has 0 spiro atoms. The molecule has 0 bridgehead atoms. The van der Waals surface area contributed by atoms with Crippen LogP contribution in [0.4, 0.5) is 0 Å². The Morgan fingerprint density at radius 2 is 2.29 bits per heavy atom. The van der Waals surface area contributed by atoms with E-state index in [4.69, 9.17) is 4.74 Å². The minimum atomic E-state index is 0.166. The van der Waals surface area contributed by atoms with Crippen molar-refractivity contribution in [1.29, 1.82) is 0 Å². The number of rotatable bonds is 3. The van der Waals surface area contributed by atoms with E-state index in [9.17, 15) is 4.79 Å². The number of thiophene rings is 1. The molecule has 1 aliphatic rings. The maximum Gasteiger partial charge on any atom is 0.254 e. The summed E-state index contributed by atoms with van der Waals surface area (Å²) in [4.78, 5) is 14.1. The molecule has 0 saturated carbocycles. The smallest absolute Gasteiger partial charge is 0.254 e. The average molecular weight is 365 g/mol. The van der Waals surface area contributed by atoms with Crippen molar-refractivity contribution in [3.8, 4) is 0 Å². The molecule has 1 aliphatic heterocycles. The van der Waals surface area contributed by atoms with Crippen molar-refractivity contribution in [2.75, 3.05) is 19.7 Å². The van der Waals surface area contributed by atoms with Crippen LogP contribution >= 0.6 is 33.9 Å². The van der Waals surface area contributed by atoms with E-state index in [1.807, 2.05) is 23.3 Å². The number of likely N-dealkylation sites (tertiary alicyclic amines) is 1. The SMILES string of the molecule is CCOC1CCN(C(=O)c2csc(I)c2)CC1. The van der Waals surface area contributed by atoms with Gasteiger partial charge in [0.1, 0.15) is 0 Å². The second-order valence-electron chi connectivity index (χ2n) is 4.09. The summed E-state index contributed by atoms with van der Waals surface area (Å²) in [5.41, 5.74) is 0.828. The largest absolute Gasteiger partial charge is 0.378 e. The molecule has 0 aliphatic carbocycles. The van der Waals surface area contributed by atoms with Gasteiger partial charge in [-0.05, 0) is 48.4 Å². The van der Waals surface area contributed by atoms with Crippen LogP contribution in [-0.2, 0) is 4.74 Å². The van der Waals surface area contributed by atoms with Gasteiger partial charge in [-0.15, -0.1) is 11.3 Å². The van der Waals surface area contributed by atoms with Crippen LogP contribution in [0.1, 0.15) is 30.1 Å². The second kappa shape index (κ2) is 6.15. The first-order chi connectivity index (χ1) is 8.20. The van der Waals surface area contributed by atoms with Crippen molar-refractivity contribution >= 4 is 39.8 Å². The van der Waals surface area contributed by atoms with Crippen molar-refractivity contribution in [3.63, 3.8) is 0 Å². The summed E-state index contributed by atoms with van der Waals surface area (Å²) in [7, 11) is 0. The quantitative estimate of drug-likeness (QED) is 0.771. The number of carbonyl (C=O) groups excluding carboxylic acids is 1. The van der Waals surface area contributed by atoms with Crippen molar-refractivity contribution < 1.29 is 9.53 Å². The maximum atomic E-state index is 12.2. The lowest BCUT2D eigenvalue weighted by atomic mass is 10.1. The summed E-state index contributed by atoms with van der Waals surface area (Å²) in [5, 5.41) is 1.94. The number of hydrogen-bond acceptors (Lipinski definition) is 3. The lowest BCUT2D eigenvalue weighted by molar-refractivity contribution is 0.0146. The zero-order valence-corrected chi connectivity index (χ0v) is 12.8. The van der Waals surface area contributed by atoms with Gasteiger partial charge in [0, 0.05) is 25.1 Å². The molecule has 1 saturated heterocycles. The van der Waals surface area contributed by atoms with Gasteiger partial charge in [-0.2, -0.15) is 0 Å². The number of amides is 1. The summed E-state index contributed by atoms with van der Waals surface area (Å²) < 4.78 is 6.75. The van der Waals surface area contributed by atoms with Crippen molar-refractivity contribution in [1.82, 2.24) is 4.90 Å². The minimum Gasteiger partial charge on any atom is -0.378 e. The predicted molar refractivity (Wildman–Crippen MR) is 77.6 cm³/mol. The zero-order valence-electron chi connectivity index (χ0n) is 9.82. The fraction of sp³-hybridized carbons (Fsp3) is 0.583. The van der Waals surface area contributed by atoms with Crippen LogP contribution in [0.3, 0.4) is 0 Å². The minimum absolute atomic E-state index is 0.166. The van der Waals surface area contributed by atoms with E-state index < -0.39 is 0 Å². The first kappa shape index (κ1) is 13.3. The lowest BCUT2D eigenvalue weighted by Crippen LogP contribution is -2.40. The Morgan fingerprint density at radius 1 is 1.59 bits per heavy atom. The van der Waals surface area contributed by atoms with Crippen LogP contribution < -0.4 is 0 Å². The Labute approximate surface area is 119 Å². The fourth-order valence-electron chi connectivity index (χ4n) is 2.07. The van der Waals surface area contributed by atoms with E-state index in [1.165, 1.54) is 0 Å². The van der Waals surface area contributed by atoms with Crippen molar-refractivity contribution in [3.05, 3.63) is 19.9 Å². The number of piperidine rings is 1. The Morgan fingerprint density at radius 3 is 2.82 bits per heavy atom. The van der Waals surface area contributed by atoms with Crippen LogP contribution in [0.15, 0.2) is 11.4 Å². The highest BCUT2D eigenvalue weighted by Crippen LogP contribution is 2.20. The van der Waals surface area contributed by atoms with Crippen molar-refractivity contribution in [2.24, 2.45) is 0 Å². The van der Waals surface area contributed by atoms with E-state index in [1.54, 1.807) is 11.3 Å². The molecule has 0 radical (unpaired) electrons. The Balaban J connectivity index is 1.90.